The highest BCUT2D eigenvalue weighted by Gasteiger charge is 2.19. The quantitative estimate of drug-likeness (QED) is 0.378. The first-order chi connectivity index (χ1) is 14.0. The number of hydrogen-bond donors (Lipinski definition) is 1. The van der Waals surface area contributed by atoms with Crippen LogP contribution in [0.15, 0.2) is 77.7 Å². The number of rotatable bonds is 7. The van der Waals surface area contributed by atoms with Crippen LogP contribution in [-0.4, -0.2) is 21.2 Å². The Kier molecular flexibility index (Phi) is 5.94. The normalized spacial score (nSPS) is 10.3. The van der Waals surface area contributed by atoms with Crippen molar-refractivity contribution >= 4 is 23.1 Å². The zero-order chi connectivity index (χ0) is 20.8. The lowest BCUT2D eigenvalue weighted by Crippen LogP contribution is -2.22. The number of pyridine rings is 1. The minimum atomic E-state index is -0.602. The summed E-state index contributed by atoms with van der Waals surface area (Å²) in [7, 11) is 0. The van der Waals surface area contributed by atoms with Crippen molar-refractivity contribution in [1.29, 1.82) is 0 Å². The molecule has 0 bridgehead atoms. The van der Waals surface area contributed by atoms with E-state index in [4.69, 9.17) is 0 Å². The van der Waals surface area contributed by atoms with Crippen LogP contribution in [0.25, 0.3) is 0 Å². The van der Waals surface area contributed by atoms with Crippen molar-refractivity contribution in [3.63, 3.8) is 0 Å². The van der Waals surface area contributed by atoms with Gasteiger partial charge in [-0.1, -0.05) is 36.4 Å². The van der Waals surface area contributed by atoms with Gasteiger partial charge in [-0.3, -0.25) is 24.5 Å². The molecule has 3 aromatic rings. The van der Waals surface area contributed by atoms with E-state index in [-0.39, 0.29) is 35.5 Å². The lowest BCUT2D eigenvalue weighted by atomic mass is 10.0. The number of nitrogens with one attached hydrogen (secondary N) is 1. The van der Waals surface area contributed by atoms with Crippen LogP contribution in [0.5, 0.6) is 0 Å². The number of amides is 1. The van der Waals surface area contributed by atoms with Gasteiger partial charge >= 0.3 is 0 Å². The number of anilines is 1. The molecular weight excluding hydrogens is 374 g/mol. The molecule has 1 heterocycles. The number of benzene rings is 2. The zero-order valence-electron chi connectivity index (χ0n) is 15.3. The van der Waals surface area contributed by atoms with E-state index in [0.29, 0.717) is 5.56 Å². The smallest absolute Gasteiger partial charge is 0.270 e. The Labute approximate surface area is 165 Å². The van der Waals surface area contributed by atoms with E-state index >= 15 is 0 Å². The Morgan fingerprint density at radius 3 is 2.41 bits per heavy atom. The van der Waals surface area contributed by atoms with Gasteiger partial charge in [-0.05, 0) is 12.1 Å². The van der Waals surface area contributed by atoms with E-state index < -0.39 is 16.6 Å². The topological polar surface area (TPSA) is 111 Å². The molecule has 0 fully saturated rings. The van der Waals surface area contributed by atoms with E-state index in [9.17, 15) is 24.5 Å². The average Bonchev–Trinajstić information content (AvgIpc) is 2.73. The number of nitro benzene ring substituents is 1. The molecule has 0 aliphatic heterocycles. The van der Waals surface area contributed by atoms with Crippen molar-refractivity contribution in [1.82, 2.24) is 4.57 Å². The maximum absolute atomic E-state index is 12.8. The lowest BCUT2D eigenvalue weighted by molar-refractivity contribution is -0.384. The van der Waals surface area contributed by atoms with Gasteiger partial charge in [0.05, 0.1) is 16.2 Å². The van der Waals surface area contributed by atoms with Crippen LogP contribution in [0, 0.1) is 10.1 Å². The Bertz CT molecular complexity index is 1120. The summed E-state index contributed by atoms with van der Waals surface area (Å²) in [6.07, 6.45) is 1.58. The molecular formula is C21H17N3O5. The van der Waals surface area contributed by atoms with Crippen LogP contribution >= 0.6 is 0 Å². The summed E-state index contributed by atoms with van der Waals surface area (Å²) in [4.78, 5) is 47.4. The van der Waals surface area contributed by atoms with Crippen LogP contribution in [0.4, 0.5) is 11.4 Å². The van der Waals surface area contributed by atoms with Crippen molar-refractivity contribution in [3.05, 3.63) is 105 Å². The van der Waals surface area contributed by atoms with Gasteiger partial charge in [-0.15, -0.1) is 0 Å². The number of aryl methyl sites for hydroxylation is 1. The molecule has 8 nitrogen and oxygen atoms in total. The molecule has 0 saturated heterocycles. The van der Waals surface area contributed by atoms with E-state index in [1.54, 1.807) is 48.7 Å². The fourth-order valence-corrected chi connectivity index (χ4v) is 2.77. The Morgan fingerprint density at radius 2 is 1.72 bits per heavy atom. The van der Waals surface area contributed by atoms with Crippen molar-refractivity contribution in [2.45, 2.75) is 13.0 Å². The molecule has 1 N–H and O–H groups in total. The number of non-ortho nitro benzene ring substituents is 1. The SMILES string of the molecule is O=C(CCn1ccccc1=O)Nc1ccc([N+](=O)[O-])cc1C(=O)c1ccccc1. The fourth-order valence-electron chi connectivity index (χ4n) is 2.77. The van der Waals surface area contributed by atoms with Gasteiger partial charge in [-0.25, -0.2) is 0 Å². The second-order valence-corrected chi connectivity index (χ2v) is 6.21. The molecule has 0 radical (unpaired) electrons. The molecule has 146 valence electrons. The fraction of sp³-hybridized carbons (Fsp3) is 0.0952. The van der Waals surface area contributed by atoms with Crippen LogP contribution in [-0.2, 0) is 11.3 Å². The number of aromatic nitrogens is 1. The maximum Gasteiger partial charge on any atom is 0.270 e. The van der Waals surface area contributed by atoms with Crippen molar-refractivity contribution < 1.29 is 14.5 Å². The zero-order valence-corrected chi connectivity index (χ0v) is 15.3. The second kappa shape index (κ2) is 8.75. The summed E-state index contributed by atoms with van der Waals surface area (Å²) >= 11 is 0. The van der Waals surface area contributed by atoms with Gasteiger partial charge in [0.2, 0.25) is 5.91 Å². The summed E-state index contributed by atoms with van der Waals surface area (Å²) in [5.41, 5.74) is 0.0681. The third-order valence-electron chi connectivity index (χ3n) is 4.25. The summed E-state index contributed by atoms with van der Waals surface area (Å²) in [6, 6.07) is 16.7. The Balaban J connectivity index is 1.83. The molecule has 1 amide bonds. The van der Waals surface area contributed by atoms with Crippen LogP contribution in [0.1, 0.15) is 22.3 Å². The van der Waals surface area contributed by atoms with Crippen LogP contribution in [0.3, 0.4) is 0 Å². The predicted molar refractivity (Wildman–Crippen MR) is 107 cm³/mol. The standard InChI is InChI=1S/C21H17N3O5/c25-19(11-13-23-12-5-4-8-20(23)26)22-18-10-9-16(24(28)29)14-17(18)21(27)15-6-2-1-3-7-15/h1-10,12,14H,11,13H2,(H,22,25). The first-order valence-electron chi connectivity index (χ1n) is 8.79. The highest BCUT2D eigenvalue weighted by molar-refractivity contribution is 6.14. The van der Waals surface area contributed by atoms with E-state index in [0.717, 1.165) is 6.07 Å². The van der Waals surface area contributed by atoms with Gasteiger partial charge in [-0.2, -0.15) is 0 Å². The van der Waals surface area contributed by atoms with E-state index in [2.05, 4.69) is 5.32 Å². The summed E-state index contributed by atoms with van der Waals surface area (Å²) < 4.78 is 1.39. The van der Waals surface area contributed by atoms with Crippen LogP contribution in [0.2, 0.25) is 0 Å². The first-order valence-corrected chi connectivity index (χ1v) is 8.79. The third-order valence-corrected chi connectivity index (χ3v) is 4.25. The Morgan fingerprint density at radius 1 is 1.00 bits per heavy atom. The van der Waals surface area contributed by atoms with Crippen molar-refractivity contribution in [2.75, 3.05) is 5.32 Å². The number of carbonyl (C=O) groups is 2. The highest BCUT2D eigenvalue weighted by atomic mass is 16.6. The maximum atomic E-state index is 12.8. The van der Waals surface area contributed by atoms with Crippen LogP contribution < -0.4 is 10.9 Å². The first kappa shape index (κ1) is 19.7. The molecule has 0 aliphatic rings. The second-order valence-electron chi connectivity index (χ2n) is 6.21. The molecule has 2 aromatic carbocycles. The van der Waals surface area contributed by atoms with Gasteiger partial charge in [0.1, 0.15) is 0 Å². The Hall–Kier alpha value is -4.07. The van der Waals surface area contributed by atoms with Gasteiger partial charge in [0.25, 0.3) is 11.2 Å². The molecule has 8 heteroatoms. The molecule has 0 atom stereocenters. The predicted octanol–water partition coefficient (Wildman–Crippen LogP) is 3.02. The van der Waals surface area contributed by atoms with Gasteiger partial charge in [0.15, 0.2) is 5.78 Å². The van der Waals surface area contributed by atoms with E-state index in [1.807, 2.05) is 0 Å². The molecule has 3 rings (SSSR count). The van der Waals surface area contributed by atoms with E-state index in [1.165, 1.54) is 22.8 Å². The van der Waals surface area contributed by atoms with Crippen molar-refractivity contribution in [2.24, 2.45) is 0 Å². The number of nitro groups is 1. The minimum Gasteiger partial charge on any atom is -0.325 e. The summed E-state index contributed by atoms with van der Waals surface area (Å²) in [6.45, 7) is 0.167. The van der Waals surface area contributed by atoms with Crippen molar-refractivity contribution in [3.8, 4) is 0 Å². The summed E-state index contributed by atoms with van der Waals surface area (Å²) in [5.74, 6) is -0.861. The molecule has 29 heavy (non-hydrogen) atoms. The third kappa shape index (κ3) is 4.81. The average molecular weight is 391 g/mol. The number of nitrogens with zero attached hydrogens (tertiary/aromatic N) is 2. The van der Waals surface area contributed by atoms with Gasteiger partial charge in [0, 0.05) is 42.9 Å². The molecule has 1 aromatic heterocycles. The molecule has 0 aliphatic carbocycles. The summed E-state index contributed by atoms with van der Waals surface area (Å²) in [5, 5.41) is 13.7. The monoisotopic (exact) mass is 391 g/mol. The number of ketones is 1. The number of hydrogen-bond acceptors (Lipinski definition) is 5. The molecule has 0 unspecified atom stereocenters. The molecule has 0 saturated carbocycles. The number of carbonyl (C=O) groups excluding carboxylic acids is 2. The largest absolute Gasteiger partial charge is 0.325 e. The highest BCUT2D eigenvalue weighted by Crippen LogP contribution is 2.25. The minimum absolute atomic E-state index is 0.000124. The van der Waals surface area contributed by atoms with Gasteiger partial charge < -0.3 is 9.88 Å². The molecule has 0 spiro atoms. The lowest BCUT2D eigenvalue weighted by Gasteiger charge is -2.11.